The number of ether oxygens (including phenoxy) is 1. The number of hydrogen-bond donors (Lipinski definition) is 1. The van der Waals surface area contributed by atoms with E-state index in [9.17, 15) is 19.2 Å². The van der Waals surface area contributed by atoms with E-state index in [0.29, 0.717) is 12.1 Å². The molecular formula is C33H31BrN2O5. The lowest BCUT2D eigenvalue weighted by Gasteiger charge is -2.45. The van der Waals surface area contributed by atoms with E-state index < -0.39 is 36.4 Å². The summed E-state index contributed by atoms with van der Waals surface area (Å²) < 4.78 is 6.36. The number of carbonyl (C=O) groups excluding carboxylic acids is 4. The van der Waals surface area contributed by atoms with Gasteiger partial charge in [0.2, 0.25) is 11.8 Å². The van der Waals surface area contributed by atoms with Gasteiger partial charge in [0.05, 0.1) is 11.8 Å². The molecular weight excluding hydrogens is 584 g/mol. The first-order valence-electron chi connectivity index (χ1n) is 14.1. The average Bonchev–Trinajstić information content (AvgIpc) is 3.24. The zero-order valence-corrected chi connectivity index (χ0v) is 24.5. The zero-order chi connectivity index (χ0) is 28.8. The van der Waals surface area contributed by atoms with E-state index in [4.69, 9.17) is 4.74 Å². The van der Waals surface area contributed by atoms with Gasteiger partial charge in [0.15, 0.2) is 6.61 Å². The molecule has 3 aliphatic carbocycles. The first-order chi connectivity index (χ1) is 19.8. The number of unbranched alkanes of at least 4 members (excludes halogenated alkanes) is 1. The van der Waals surface area contributed by atoms with Crippen LogP contribution < -0.4 is 5.32 Å². The van der Waals surface area contributed by atoms with Crippen LogP contribution in [0.5, 0.6) is 0 Å². The molecule has 4 aliphatic rings. The second-order valence-corrected chi connectivity index (χ2v) is 11.9. The summed E-state index contributed by atoms with van der Waals surface area (Å²) in [6, 6.07) is 20.4. The average molecular weight is 616 g/mol. The van der Waals surface area contributed by atoms with Gasteiger partial charge in [-0.2, -0.15) is 0 Å². The highest BCUT2D eigenvalue weighted by molar-refractivity contribution is 9.10. The maximum absolute atomic E-state index is 14.1. The minimum absolute atomic E-state index is 0.248. The van der Waals surface area contributed by atoms with Crippen LogP contribution in [-0.4, -0.2) is 41.2 Å². The largest absolute Gasteiger partial charge is 0.454 e. The molecule has 1 fully saturated rings. The third-order valence-electron chi connectivity index (χ3n) is 8.68. The number of esters is 1. The van der Waals surface area contributed by atoms with Crippen molar-refractivity contribution in [1.29, 1.82) is 0 Å². The van der Waals surface area contributed by atoms with E-state index in [0.717, 1.165) is 38.7 Å². The molecule has 3 amide bonds. The molecule has 1 saturated heterocycles. The molecule has 210 valence electrons. The van der Waals surface area contributed by atoms with Gasteiger partial charge in [-0.25, -0.2) is 4.79 Å². The van der Waals surface area contributed by atoms with Gasteiger partial charge in [-0.3, -0.25) is 19.3 Å². The van der Waals surface area contributed by atoms with Crippen LogP contribution in [0, 0.1) is 18.8 Å². The number of aryl methyl sites for hydroxylation is 1. The number of imide groups is 1. The molecule has 0 saturated carbocycles. The summed E-state index contributed by atoms with van der Waals surface area (Å²) in [6.07, 6.45) is 1.69. The van der Waals surface area contributed by atoms with Gasteiger partial charge in [-0.15, -0.1) is 0 Å². The quantitative estimate of drug-likeness (QED) is 0.260. The number of carbonyl (C=O) groups is 4. The zero-order valence-electron chi connectivity index (χ0n) is 22.9. The van der Waals surface area contributed by atoms with Gasteiger partial charge in [0.25, 0.3) is 5.91 Å². The molecule has 7 nitrogen and oxygen atoms in total. The Hall–Kier alpha value is -3.78. The minimum Gasteiger partial charge on any atom is -0.454 e. The molecule has 0 unspecified atom stereocenters. The summed E-state index contributed by atoms with van der Waals surface area (Å²) in [5.41, 5.74) is 5.84. The second-order valence-electron chi connectivity index (χ2n) is 11.1. The van der Waals surface area contributed by atoms with E-state index in [1.165, 1.54) is 4.90 Å². The molecule has 1 aliphatic heterocycles. The normalized spacial score (nSPS) is 22.6. The number of anilines is 1. The highest BCUT2D eigenvalue weighted by atomic mass is 79.9. The second kappa shape index (κ2) is 10.9. The van der Waals surface area contributed by atoms with E-state index in [1.54, 1.807) is 6.07 Å². The Labute approximate surface area is 247 Å². The van der Waals surface area contributed by atoms with Crippen LogP contribution in [0.2, 0.25) is 0 Å². The van der Waals surface area contributed by atoms with E-state index in [1.807, 2.05) is 74.5 Å². The summed E-state index contributed by atoms with van der Waals surface area (Å²) in [5.74, 6) is -3.52. The summed E-state index contributed by atoms with van der Waals surface area (Å²) in [5, 5.41) is 2.73. The van der Waals surface area contributed by atoms with E-state index >= 15 is 0 Å². The first kappa shape index (κ1) is 27.4. The van der Waals surface area contributed by atoms with Crippen molar-refractivity contribution in [3.8, 4) is 0 Å². The molecule has 8 heteroatoms. The van der Waals surface area contributed by atoms with Crippen molar-refractivity contribution < 1.29 is 23.9 Å². The third kappa shape index (κ3) is 4.58. The molecule has 7 rings (SSSR count). The maximum atomic E-state index is 14.1. The Kier molecular flexibility index (Phi) is 7.28. The highest BCUT2D eigenvalue weighted by Crippen LogP contribution is 2.61. The summed E-state index contributed by atoms with van der Waals surface area (Å²) in [4.78, 5) is 55.5. The monoisotopic (exact) mass is 614 g/mol. The van der Waals surface area contributed by atoms with Crippen LogP contribution in [0.4, 0.5) is 5.69 Å². The van der Waals surface area contributed by atoms with Crippen LogP contribution in [0.1, 0.15) is 65.8 Å². The molecule has 3 atom stereocenters. The molecule has 2 bridgehead atoms. The smallest absolute Gasteiger partial charge is 0.329 e. The van der Waals surface area contributed by atoms with Crippen LogP contribution >= 0.6 is 15.9 Å². The highest BCUT2D eigenvalue weighted by Gasteiger charge is 2.63. The molecule has 0 aromatic heterocycles. The van der Waals surface area contributed by atoms with Crippen molar-refractivity contribution >= 4 is 45.3 Å². The Balaban J connectivity index is 1.25. The predicted octanol–water partition coefficient (Wildman–Crippen LogP) is 5.69. The van der Waals surface area contributed by atoms with Crippen LogP contribution in [0.3, 0.4) is 0 Å². The number of amides is 3. The fourth-order valence-electron chi connectivity index (χ4n) is 6.91. The Morgan fingerprint density at radius 2 is 1.44 bits per heavy atom. The van der Waals surface area contributed by atoms with Gasteiger partial charge in [-0.05, 0) is 59.4 Å². The van der Waals surface area contributed by atoms with Gasteiger partial charge in [-0.1, -0.05) is 84.2 Å². The third-order valence-corrected chi connectivity index (χ3v) is 9.57. The number of hydrogen-bond acceptors (Lipinski definition) is 5. The SMILES string of the molecule is CCCC[C@H](C(=O)OCC(=O)Nc1ccc(Br)c(C)c1)N1C(=O)[C@H]2C3c4ccccc4C(c4ccccc43)[C@@H]2C1=O. The molecule has 41 heavy (non-hydrogen) atoms. The van der Waals surface area contributed by atoms with Crippen LogP contribution in [0.15, 0.2) is 71.2 Å². The van der Waals surface area contributed by atoms with Crippen molar-refractivity contribution in [2.75, 3.05) is 11.9 Å². The molecule has 1 N–H and O–H groups in total. The predicted molar refractivity (Wildman–Crippen MR) is 157 cm³/mol. The lowest BCUT2D eigenvalue weighted by atomic mass is 9.55. The van der Waals surface area contributed by atoms with Crippen LogP contribution in [-0.2, 0) is 23.9 Å². The van der Waals surface area contributed by atoms with Gasteiger partial charge in [0.1, 0.15) is 6.04 Å². The fourth-order valence-corrected chi connectivity index (χ4v) is 7.16. The minimum atomic E-state index is -1.08. The lowest BCUT2D eigenvalue weighted by molar-refractivity contribution is -0.160. The summed E-state index contributed by atoms with van der Waals surface area (Å²) in [7, 11) is 0. The topological polar surface area (TPSA) is 92.8 Å². The number of nitrogens with one attached hydrogen (secondary N) is 1. The molecule has 1 heterocycles. The summed E-state index contributed by atoms with van der Waals surface area (Å²) in [6.45, 7) is 3.38. The summed E-state index contributed by atoms with van der Waals surface area (Å²) >= 11 is 3.43. The van der Waals surface area contributed by atoms with Crippen molar-refractivity contribution in [1.82, 2.24) is 4.90 Å². The first-order valence-corrected chi connectivity index (χ1v) is 14.9. The van der Waals surface area contributed by atoms with E-state index in [2.05, 4.69) is 21.2 Å². The Morgan fingerprint density at radius 3 is 1.93 bits per heavy atom. The molecule has 3 aromatic carbocycles. The van der Waals surface area contributed by atoms with E-state index in [-0.39, 0.29) is 30.1 Å². The van der Waals surface area contributed by atoms with Crippen molar-refractivity contribution in [3.05, 3.63) is 99.0 Å². The standard InChI is InChI=1S/C33H31BrN2O5/c1-3-4-13-25(33(40)41-17-26(37)35-19-14-15-24(34)18(2)16-19)36-31(38)29-27-20-9-5-6-10-21(20)28(30(29)32(36)39)23-12-8-7-11-22(23)27/h5-12,14-16,25,27-30H,3-4,13,17H2,1-2H3,(H,35,37)/t25-,27?,28?,29+,30+/m1/s1. The number of rotatable bonds is 8. The number of nitrogens with zero attached hydrogens (tertiary/aromatic N) is 1. The van der Waals surface area contributed by atoms with Crippen molar-refractivity contribution in [3.63, 3.8) is 0 Å². The fraction of sp³-hybridized carbons (Fsp3) is 0.333. The van der Waals surface area contributed by atoms with Gasteiger partial charge in [0, 0.05) is 22.0 Å². The Morgan fingerprint density at radius 1 is 0.902 bits per heavy atom. The maximum Gasteiger partial charge on any atom is 0.329 e. The number of benzene rings is 3. The van der Waals surface area contributed by atoms with Crippen molar-refractivity contribution in [2.45, 2.75) is 51.0 Å². The van der Waals surface area contributed by atoms with Crippen molar-refractivity contribution in [2.24, 2.45) is 11.8 Å². The Bertz CT molecular complexity index is 1450. The van der Waals surface area contributed by atoms with Gasteiger partial charge >= 0.3 is 5.97 Å². The molecule has 0 spiro atoms. The number of likely N-dealkylation sites (tertiary alicyclic amines) is 1. The number of halogens is 1. The van der Waals surface area contributed by atoms with Crippen LogP contribution in [0.25, 0.3) is 0 Å². The van der Waals surface area contributed by atoms with Gasteiger partial charge < -0.3 is 10.1 Å². The lowest BCUT2D eigenvalue weighted by Crippen LogP contribution is -2.47. The molecule has 0 radical (unpaired) electrons. The molecule has 3 aromatic rings.